The van der Waals surface area contributed by atoms with E-state index in [2.05, 4.69) is 20.8 Å². The van der Waals surface area contributed by atoms with E-state index in [1.54, 1.807) is 0 Å². The Morgan fingerprint density at radius 3 is 0.571 bits per heavy atom. The van der Waals surface area contributed by atoms with Crippen molar-refractivity contribution in [3.8, 4) is 0 Å². The third-order valence-electron chi connectivity index (χ3n) is 10.1. The van der Waals surface area contributed by atoms with E-state index in [0.29, 0.717) is 0 Å². The quantitative estimate of drug-likeness (QED) is 0.0627. The molecule has 0 aliphatic heterocycles. The summed E-state index contributed by atoms with van der Waals surface area (Å²) in [5.74, 6) is 1.04. The number of rotatable bonds is 38. The molecule has 0 heteroatoms. The molecule has 0 saturated heterocycles. The molecule has 0 saturated carbocycles. The molecule has 0 heterocycles. The molecule has 0 radical (unpaired) electrons. The van der Waals surface area contributed by atoms with Crippen molar-refractivity contribution >= 4 is 0 Å². The van der Waals surface area contributed by atoms with Crippen molar-refractivity contribution in [3.05, 3.63) is 0 Å². The second-order valence-corrected chi connectivity index (χ2v) is 14.5. The molecule has 0 rings (SSSR count). The summed E-state index contributed by atoms with van der Waals surface area (Å²) in [7, 11) is 0. The first-order valence-electron chi connectivity index (χ1n) is 20.8. The van der Waals surface area contributed by atoms with Crippen LogP contribution in [0, 0.1) is 5.92 Å². The lowest BCUT2D eigenvalue weighted by molar-refractivity contribution is 0.370. The summed E-state index contributed by atoms with van der Waals surface area (Å²) >= 11 is 0. The van der Waals surface area contributed by atoms with E-state index in [1.165, 1.54) is 244 Å². The van der Waals surface area contributed by atoms with E-state index >= 15 is 0 Å². The van der Waals surface area contributed by atoms with Crippen LogP contribution >= 0.6 is 0 Å². The van der Waals surface area contributed by atoms with Crippen LogP contribution in [0.3, 0.4) is 0 Å². The Kier molecular flexibility index (Phi) is 39.0. The van der Waals surface area contributed by atoms with Crippen LogP contribution in [-0.2, 0) is 0 Å². The zero-order valence-electron chi connectivity index (χ0n) is 30.4. The molecular weight excluding hydrogens is 504 g/mol. The van der Waals surface area contributed by atoms with Gasteiger partial charge >= 0.3 is 0 Å². The van der Waals surface area contributed by atoms with Crippen molar-refractivity contribution in [3.63, 3.8) is 0 Å². The highest BCUT2D eigenvalue weighted by molar-refractivity contribution is 4.62. The molecule has 1 unspecified atom stereocenters. The molecule has 0 aromatic carbocycles. The fraction of sp³-hybridized carbons (Fsp3) is 1.00. The highest BCUT2D eigenvalue weighted by atomic mass is 14.1. The van der Waals surface area contributed by atoms with Crippen molar-refractivity contribution < 1.29 is 0 Å². The molecule has 0 aromatic heterocycles. The maximum atomic E-state index is 2.38. The van der Waals surface area contributed by atoms with Gasteiger partial charge in [0.15, 0.2) is 0 Å². The Morgan fingerprint density at radius 1 is 0.190 bits per heavy atom. The Morgan fingerprint density at radius 2 is 0.357 bits per heavy atom. The van der Waals surface area contributed by atoms with Crippen molar-refractivity contribution in [2.75, 3.05) is 0 Å². The summed E-state index contributed by atoms with van der Waals surface area (Å²) in [5.41, 5.74) is 0. The summed E-state index contributed by atoms with van der Waals surface area (Å²) in [4.78, 5) is 0. The predicted octanol–water partition coefficient (Wildman–Crippen LogP) is 16.5. The van der Waals surface area contributed by atoms with Crippen LogP contribution in [0.2, 0.25) is 0 Å². The SMILES string of the molecule is CCCCCCCCCCCCCCCCCCCC(CCCC)CCCCCCCCCCCCCCCCCC. The van der Waals surface area contributed by atoms with E-state index in [0.717, 1.165) is 5.92 Å². The molecule has 0 nitrogen and oxygen atoms in total. The van der Waals surface area contributed by atoms with Crippen molar-refractivity contribution in [1.29, 1.82) is 0 Å². The second-order valence-electron chi connectivity index (χ2n) is 14.5. The fourth-order valence-electron chi connectivity index (χ4n) is 7.06. The summed E-state index contributed by atoms with van der Waals surface area (Å²) < 4.78 is 0. The Balaban J connectivity index is 3.44. The van der Waals surface area contributed by atoms with Crippen molar-refractivity contribution in [2.45, 2.75) is 265 Å². The lowest BCUT2D eigenvalue weighted by Crippen LogP contribution is -2.01. The maximum Gasteiger partial charge on any atom is -0.0414 e. The molecule has 0 aliphatic carbocycles. The zero-order valence-corrected chi connectivity index (χ0v) is 30.4. The monoisotopic (exact) mass is 591 g/mol. The minimum Gasteiger partial charge on any atom is -0.0654 e. The van der Waals surface area contributed by atoms with Crippen molar-refractivity contribution in [1.82, 2.24) is 0 Å². The van der Waals surface area contributed by atoms with Crippen LogP contribution in [0.15, 0.2) is 0 Å². The van der Waals surface area contributed by atoms with E-state index in [1.807, 2.05) is 0 Å². The van der Waals surface area contributed by atoms with Gasteiger partial charge in [-0.15, -0.1) is 0 Å². The average Bonchev–Trinajstić information content (AvgIpc) is 3.00. The van der Waals surface area contributed by atoms with Gasteiger partial charge in [0.1, 0.15) is 0 Å². The number of hydrogen-bond donors (Lipinski definition) is 0. The van der Waals surface area contributed by atoms with Gasteiger partial charge in [-0.3, -0.25) is 0 Å². The Labute approximate surface area is 270 Å². The molecule has 0 spiro atoms. The molecule has 0 N–H and O–H groups in total. The fourth-order valence-corrected chi connectivity index (χ4v) is 7.06. The van der Waals surface area contributed by atoms with E-state index in [9.17, 15) is 0 Å². The average molecular weight is 591 g/mol. The summed E-state index contributed by atoms with van der Waals surface area (Å²) in [6.45, 7) is 7.00. The molecular formula is C42H86. The summed E-state index contributed by atoms with van der Waals surface area (Å²) in [6.07, 6.45) is 56.3. The van der Waals surface area contributed by atoms with E-state index in [4.69, 9.17) is 0 Å². The van der Waals surface area contributed by atoms with Gasteiger partial charge in [0, 0.05) is 0 Å². The summed E-state index contributed by atoms with van der Waals surface area (Å²) in [6, 6.07) is 0. The molecule has 0 aliphatic rings. The van der Waals surface area contributed by atoms with Crippen LogP contribution in [-0.4, -0.2) is 0 Å². The lowest BCUT2D eigenvalue weighted by atomic mass is 9.90. The Hall–Kier alpha value is 0. The summed E-state index contributed by atoms with van der Waals surface area (Å²) in [5, 5.41) is 0. The van der Waals surface area contributed by atoms with Gasteiger partial charge in [0.05, 0.1) is 0 Å². The number of hydrogen-bond acceptors (Lipinski definition) is 0. The lowest BCUT2D eigenvalue weighted by Gasteiger charge is -2.16. The molecule has 0 bridgehead atoms. The molecule has 1 atom stereocenters. The third kappa shape index (κ3) is 36.2. The molecule has 0 aromatic rings. The molecule has 42 heavy (non-hydrogen) atoms. The smallest absolute Gasteiger partial charge is 0.0414 e. The first-order chi connectivity index (χ1) is 20.8. The number of unbranched alkanes of at least 4 members (excludes halogenated alkanes) is 32. The zero-order chi connectivity index (χ0) is 30.4. The van der Waals surface area contributed by atoms with Crippen LogP contribution in [0.1, 0.15) is 265 Å². The van der Waals surface area contributed by atoms with Gasteiger partial charge in [0.25, 0.3) is 0 Å². The largest absolute Gasteiger partial charge is 0.0654 e. The highest BCUT2D eigenvalue weighted by Gasteiger charge is 2.08. The first kappa shape index (κ1) is 42.0. The van der Waals surface area contributed by atoms with Gasteiger partial charge in [-0.2, -0.15) is 0 Å². The molecule has 254 valence electrons. The van der Waals surface area contributed by atoms with Gasteiger partial charge < -0.3 is 0 Å². The van der Waals surface area contributed by atoms with E-state index < -0.39 is 0 Å². The molecule has 0 fully saturated rings. The normalized spacial score (nSPS) is 12.4. The van der Waals surface area contributed by atoms with Gasteiger partial charge in [-0.25, -0.2) is 0 Å². The van der Waals surface area contributed by atoms with Crippen LogP contribution in [0.4, 0.5) is 0 Å². The minimum atomic E-state index is 1.04. The maximum absolute atomic E-state index is 2.38. The van der Waals surface area contributed by atoms with Crippen molar-refractivity contribution in [2.24, 2.45) is 5.92 Å². The van der Waals surface area contributed by atoms with Gasteiger partial charge in [0.2, 0.25) is 0 Å². The van der Waals surface area contributed by atoms with Crippen LogP contribution in [0.5, 0.6) is 0 Å². The minimum absolute atomic E-state index is 1.04. The highest BCUT2D eigenvalue weighted by Crippen LogP contribution is 2.24. The van der Waals surface area contributed by atoms with Crippen LogP contribution in [0.25, 0.3) is 0 Å². The van der Waals surface area contributed by atoms with Gasteiger partial charge in [-0.1, -0.05) is 265 Å². The standard InChI is InChI=1S/C42H86/c1-4-7-10-12-14-16-18-20-22-24-26-28-30-32-34-36-38-41-42(39-9-6-3)40-37-35-33-31-29-27-25-23-21-19-17-15-13-11-8-5-2/h42H,4-41H2,1-3H3. The predicted molar refractivity (Wildman–Crippen MR) is 196 cm³/mol. The topological polar surface area (TPSA) is 0 Å². The Bertz CT molecular complexity index is 439. The third-order valence-corrected chi connectivity index (χ3v) is 10.1. The first-order valence-corrected chi connectivity index (χ1v) is 20.8. The second kappa shape index (κ2) is 39.0. The van der Waals surface area contributed by atoms with Crippen LogP contribution < -0.4 is 0 Å². The van der Waals surface area contributed by atoms with E-state index in [-0.39, 0.29) is 0 Å². The molecule has 0 amide bonds. The van der Waals surface area contributed by atoms with Gasteiger partial charge in [-0.05, 0) is 5.92 Å².